The van der Waals surface area contributed by atoms with E-state index in [1.54, 1.807) is 0 Å². The Morgan fingerprint density at radius 3 is 2.78 bits per heavy atom. The van der Waals surface area contributed by atoms with Crippen LogP contribution in [0, 0.1) is 0 Å². The van der Waals surface area contributed by atoms with E-state index in [4.69, 9.17) is 9.47 Å². The lowest BCUT2D eigenvalue weighted by molar-refractivity contribution is -0.139. The number of carbonyl (C=O) groups is 1. The molecule has 1 aromatic rings. The maximum Gasteiger partial charge on any atom is 0.310 e. The van der Waals surface area contributed by atoms with Crippen molar-refractivity contribution in [3.05, 3.63) is 29.8 Å². The number of rotatable bonds is 4. The lowest BCUT2D eigenvalue weighted by Crippen LogP contribution is -2.26. The fraction of sp³-hybridized carbons (Fsp3) is 0.500. The summed E-state index contributed by atoms with van der Waals surface area (Å²) in [6, 6.07) is 7.60. The molecule has 0 atom stereocenters. The topological polar surface area (TPSA) is 44.8 Å². The molecule has 4 heteroatoms. The van der Waals surface area contributed by atoms with Crippen molar-refractivity contribution in [2.75, 3.05) is 20.3 Å². The summed E-state index contributed by atoms with van der Waals surface area (Å²) < 4.78 is 15.9. The summed E-state index contributed by atoms with van der Waals surface area (Å²) in [5, 5.41) is 0. The average Bonchev–Trinajstić information content (AvgIpc) is 2.42. The first-order chi connectivity index (χ1) is 8.79. The Balaban J connectivity index is 2.04. The van der Waals surface area contributed by atoms with Crippen molar-refractivity contribution in [2.24, 2.45) is 0 Å². The molecule has 18 heavy (non-hydrogen) atoms. The number of esters is 1. The number of benzene rings is 1. The van der Waals surface area contributed by atoms with E-state index in [0.717, 1.165) is 37.4 Å². The van der Waals surface area contributed by atoms with Crippen LogP contribution in [0.3, 0.4) is 0 Å². The highest BCUT2D eigenvalue weighted by atomic mass is 16.5. The van der Waals surface area contributed by atoms with Gasteiger partial charge in [-0.1, -0.05) is 18.2 Å². The molecule has 2 rings (SSSR count). The first-order valence-electron chi connectivity index (χ1n) is 6.18. The van der Waals surface area contributed by atoms with Crippen LogP contribution in [0.1, 0.15) is 18.4 Å². The van der Waals surface area contributed by atoms with Gasteiger partial charge >= 0.3 is 5.97 Å². The third-order valence-corrected chi connectivity index (χ3v) is 3.00. The summed E-state index contributed by atoms with van der Waals surface area (Å²) in [5.74, 6) is 0.521. The van der Waals surface area contributed by atoms with Crippen LogP contribution in [0.2, 0.25) is 0 Å². The van der Waals surface area contributed by atoms with Crippen LogP contribution in [0.25, 0.3) is 0 Å². The zero-order chi connectivity index (χ0) is 12.8. The molecule has 0 saturated carbocycles. The maximum atomic E-state index is 11.3. The molecule has 1 aliphatic heterocycles. The second kappa shape index (κ2) is 6.40. The zero-order valence-electron chi connectivity index (χ0n) is 10.6. The summed E-state index contributed by atoms with van der Waals surface area (Å²) in [5.41, 5.74) is 0.871. The van der Waals surface area contributed by atoms with Gasteiger partial charge in [0.05, 0.1) is 26.7 Å². The quantitative estimate of drug-likeness (QED) is 0.766. The standard InChI is InChI=1S/C14H18O4/c1-16-14(15)10-11-4-2-3-5-13(11)18-12-6-8-17-9-7-12/h2-5,12H,6-10H2,1H3. The Kier molecular flexibility index (Phi) is 4.59. The lowest BCUT2D eigenvalue weighted by Gasteiger charge is -2.24. The van der Waals surface area contributed by atoms with Crippen molar-refractivity contribution in [3.63, 3.8) is 0 Å². The molecule has 0 unspecified atom stereocenters. The smallest absolute Gasteiger partial charge is 0.310 e. The first-order valence-corrected chi connectivity index (χ1v) is 6.18. The Morgan fingerprint density at radius 2 is 2.06 bits per heavy atom. The summed E-state index contributed by atoms with van der Waals surface area (Å²) >= 11 is 0. The third kappa shape index (κ3) is 3.47. The molecule has 98 valence electrons. The van der Waals surface area contributed by atoms with E-state index < -0.39 is 0 Å². The fourth-order valence-electron chi connectivity index (χ4n) is 1.97. The molecule has 1 aromatic carbocycles. The first kappa shape index (κ1) is 12.9. The number of carbonyl (C=O) groups excluding carboxylic acids is 1. The molecular formula is C14H18O4. The summed E-state index contributed by atoms with van der Waals surface area (Å²) in [6.07, 6.45) is 2.22. The normalized spacial score (nSPS) is 16.3. The van der Waals surface area contributed by atoms with Crippen molar-refractivity contribution in [1.82, 2.24) is 0 Å². The van der Waals surface area contributed by atoms with E-state index in [1.165, 1.54) is 7.11 Å². The van der Waals surface area contributed by atoms with Crippen molar-refractivity contribution < 1.29 is 19.0 Å². The zero-order valence-corrected chi connectivity index (χ0v) is 10.6. The van der Waals surface area contributed by atoms with Gasteiger partial charge in [0.25, 0.3) is 0 Å². The van der Waals surface area contributed by atoms with E-state index in [9.17, 15) is 4.79 Å². The van der Waals surface area contributed by atoms with Crippen LogP contribution in [-0.2, 0) is 20.7 Å². The third-order valence-electron chi connectivity index (χ3n) is 3.00. The Labute approximate surface area is 107 Å². The highest BCUT2D eigenvalue weighted by molar-refractivity contribution is 5.73. The maximum absolute atomic E-state index is 11.3. The molecule has 4 nitrogen and oxygen atoms in total. The van der Waals surface area contributed by atoms with Gasteiger partial charge in [0, 0.05) is 18.4 Å². The molecule has 0 amide bonds. The van der Waals surface area contributed by atoms with Crippen molar-refractivity contribution in [1.29, 1.82) is 0 Å². The van der Waals surface area contributed by atoms with Crippen molar-refractivity contribution in [2.45, 2.75) is 25.4 Å². The predicted molar refractivity (Wildman–Crippen MR) is 66.6 cm³/mol. The van der Waals surface area contributed by atoms with Crippen molar-refractivity contribution >= 4 is 5.97 Å². The van der Waals surface area contributed by atoms with Gasteiger partial charge in [-0.15, -0.1) is 0 Å². The predicted octanol–water partition coefficient (Wildman–Crippen LogP) is 1.96. The number of ether oxygens (including phenoxy) is 3. The van der Waals surface area contributed by atoms with E-state index in [1.807, 2.05) is 24.3 Å². The Hall–Kier alpha value is -1.55. The van der Waals surface area contributed by atoms with Crippen molar-refractivity contribution in [3.8, 4) is 5.75 Å². The second-order valence-electron chi connectivity index (χ2n) is 4.29. The molecule has 1 fully saturated rings. The van der Waals surface area contributed by atoms with Gasteiger partial charge in [-0.05, 0) is 6.07 Å². The molecule has 0 N–H and O–H groups in total. The van der Waals surface area contributed by atoms with Gasteiger partial charge in [0.1, 0.15) is 11.9 Å². The number of para-hydroxylation sites is 1. The molecule has 0 aliphatic carbocycles. The molecule has 1 heterocycles. The largest absolute Gasteiger partial charge is 0.490 e. The van der Waals surface area contributed by atoms with E-state index in [-0.39, 0.29) is 18.5 Å². The van der Waals surface area contributed by atoms with Crippen LogP contribution in [-0.4, -0.2) is 32.4 Å². The monoisotopic (exact) mass is 250 g/mol. The van der Waals surface area contributed by atoms with Gasteiger partial charge in [-0.25, -0.2) is 0 Å². The van der Waals surface area contributed by atoms with E-state index >= 15 is 0 Å². The number of methoxy groups -OCH3 is 1. The highest BCUT2D eigenvalue weighted by Crippen LogP contribution is 2.23. The lowest BCUT2D eigenvalue weighted by atomic mass is 10.1. The summed E-state index contributed by atoms with van der Waals surface area (Å²) in [4.78, 5) is 11.3. The Bertz CT molecular complexity index is 397. The van der Waals surface area contributed by atoms with Gasteiger partial charge < -0.3 is 14.2 Å². The number of hydrogen-bond acceptors (Lipinski definition) is 4. The van der Waals surface area contributed by atoms with Crippen LogP contribution in [0.5, 0.6) is 5.75 Å². The van der Waals surface area contributed by atoms with Gasteiger partial charge in [-0.2, -0.15) is 0 Å². The van der Waals surface area contributed by atoms with Gasteiger partial charge in [0.15, 0.2) is 0 Å². The molecule has 1 saturated heterocycles. The molecular weight excluding hydrogens is 232 g/mol. The van der Waals surface area contributed by atoms with Crippen LogP contribution >= 0.6 is 0 Å². The SMILES string of the molecule is COC(=O)Cc1ccccc1OC1CCOCC1. The molecule has 0 spiro atoms. The summed E-state index contributed by atoms with van der Waals surface area (Å²) in [6.45, 7) is 1.48. The number of hydrogen-bond donors (Lipinski definition) is 0. The van der Waals surface area contributed by atoms with Gasteiger partial charge in [0.2, 0.25) is 0 Å². The van der Waals surface area contributed by atoms with E-state index in [0.29, 0.717) is 0 Å². The molecule has 0 aromatic heterocycles. The Morgan fingerprint density at radius 1 is 1.33 bits per heavy atom. The van der Waals surface area contributed by atoms with E-state index in [2.05, 4.69) is 4.74 Å². The van der Waals surface area contributed by atoms with Gasteiger partial charge in [-0.3, -0.25) is 4.79 Å². The second-order valence-corrected chi connectivity index (χ2v) is 4.29. The summed E-state index contributed by atoms with van der Waals surface area (Å²) in [7, 11) is 1.39. The van der Waals surface area contributed by atoms with Crippen LogP contribution < -0.4 is 4.74 Å². The molecule has 0 radical (unpaired) electrons. The molecule has 0 bridgehead atoms. The fourth-order valence-corrected chi connectivity index (χ4v) is 1.97. The van der Waals surface area contributed by atoms with Crippen LogP contribution in [0.15, 0.2) is 24.3 Å². The minimum atomic E-state index is -0.252. The minimum absolute atomic E-state index is 0.178. The highest BCUT2D eigenvalue weighted by Gasteiger charge is 2.17. The average molecular weight is 250 g/mol. The van der Waals surface area contributed by atoms with Crippen LogP contribution in [0.4, 0.5) is 0 Å². The molecule has 1 aliphatic rings. The minimum Gasteiger partial charge on any atom is -0.490 e.